The number of methoxy groups -OCH3 is 1. The van der Waals surface area contributed by atoms with Crippen LogP contribution < -0.4 is 16.1 Å². The van der Waals surface area contributed by atoms with Crippen LogP contribution in [0.15, 0.2) is 47.2 Å². The van der Waals surface area contributed by atoms with Gasteiger partial charge in [0.1, 0.15) is 30.1 Å². The van der Waals surface area contributed by atoms with Crippen molar-refractivity contribution in [1.82, 2.24) is 45.4 Å². The summed E-state index contributed by atoms with van der Waals surface area (Å²) in [5, 5.41) is 9.58. The highest BCUT2D eigenvalue weighted by molar-refractivity contribution is 5.95. The first-order valence-electron chi connectivity index (χ1n) is 24.2. The molecule has 2 saturated carbocycles. The SMILES string of the molecule is CO[C@@H](C)c1ncccc1-c1c2c3cc(ccc3n1C1CN(C3CC3)C1)-c1coc(n1)[C@@H](N1CC3(CCCN3)C1)[C@H](NC(=O)C1[C@@H](C)[C@H]1C)C(=O)N1CCC[C@H](N1)C(=O)OCC(C)(C)C2. The number of carbonyl (C=O) groups is 3. The van der Waals surface area contributed by atoms with E-state index in [1.54, 1.807) is 13.4 Å². The fraction of sp³-hybridized carbons (Fsp3) is 0.620. The number of likely N-dealkylation sites (tertiary alicyclic amines) is 2. The van der Waals surface area contributed by atoms with Crippen LogP contribution in [-0.2, 0) is 30.3 Å². The van der Waals surface area contributed by atoms with Gasteiger partial charge in [-0.05, 0) is 100 Å². The van der Waals surface area contributed by atoms with E-state index in [-0.39, 0.29) is 53.9 Å². The lowest BCUT2D eigenvalue weighted by Crippen LogP contribution is -2.70. The number of esters is 1. The molecule has 15 nitrogen and oxygen atoms in total. The Bertz CT molecular complexity index is 2480. The van der Waals surface area contributed by atoms with Gasteiger partial charge in [0.25, 0.3) is 5.91 Å². The maximum absolute atomic E-state index is 15.1. The van der Waals surface area contributed by atoms with Crippen molar-refractivity contribution < 1.29 is 28.3 Å². The average Bonchev–Trinajstić information content (AvgIpc) is 3.98. The fourth-order valence-electron chi connectivity index (χ4n) is 11.8. The smallest absolute Gasteiger partial charge is 0.324 e. The first-order valence-corrected chi connectivity index (χ1v) is 24.2. The number of ether oxygens (including phenoxy) is 2. The number of benzene rings is 1. The van der Waals surface area contributed by atoms with Crippen LogP contribution in [0.25, 0.3) is 33.4 Å². The van der Waals surface area contributed by atoms with E-state index < -0.39 is 29.5 Å². The molecule has 65 heavy (non-hydrogen) atoms. The molecule has 3 N–H and O–H groups in total. The minimum Gasteiger partial charge on any atom is -0.464 e. The van der Waals surface area contributed by atoms with Gasteiger partial charge in [-0.1, -0.05) is 33.8 Å². The summed E-state index contributed by atoms with van der Waals surface area (Å²) in [7, 11) is 1.73. The quantitative estimate of drug-likeness (QED) is 0.189. The van der Waals surface area contributed by atoms with E-state index in [0.29, 0.717) is 56.5 Å². The summed E-state index contributed by atoms with van der Waals surface area (Å²) in [5.74, 6) is -0.246. The lowest BCUT2D eigenvalue weighted by Gasteiger charge is -2.52. The molecule has 15 heteroatoms. The molecule has 6 fully saturated rings. The third-order valence-corrected chi connectivity index (χ3v) is 16.1. The second-order valence-corrected chi connectivity index (χ2v) is 21.3. The Hall–Kier alpha value is -4.67. The van der Waals surface area contributed by atoms with Crippen LogP contribution in [0.3, 0.4) is 0 Å². The molecular weight excluding hydrogens is 823 g/mol. The number of hydrogen-bond donors (Lipinski definition) is 3. The molecule has 7 aliphatic rings. The lowest BCUT2D eigenvalue weighted by atomic mass is 9.84. The van der Waals surface area contributed by atoms with E-state index in [2.05, 4.69) is 82.4 Å². The Morgan fingerprint density at radius 3 is 2.55 bits per heavy atom. The van der Waals surface area contributed by atoms with Crippen molar-refractivity contribution >= 4 is 28.7 Å². The number of cyclic esters (lactones) is 1. The summed E-state index contributed by atoms with van der Waals surface area (Å²) in [4.78, 5) is 58.3. The summed E-state index contributed by atoms with van der Waals surface area (Å²) in [6, 6.07) is 9.24. The Balaban J connectivity index is 1.07. The Morgan fingerprint density at radius 2 is 1.83 bits per heavy atom. The Morgan fingerprint density at radius 1 is 1.03 bits per heavy atom. The summed E-state index contributed by atoms with van der Waals surface area (Å²) in [6.45, 7) is 15.3. The molecule has 5 aliphatic heterocycles. The molecule has 1 unspecified atom stereocenters. The number of nitrogens with zero attached hydrogens (tertiary/aromatic N) is 6. The Labute approximate surface area is 381 Å². The van der Waals surface area contributed by atoms with Gasteiger partial charge in [0.15, 0.2) is 0 Å². The first-order chi connectivity index (χ1) is 31.3. The zero-order valence-corrected chi connectivity index (χ0v) is 38.8. The summed E-state index contributed by atoms with van der Waals surface area (Å²) < 4.78 is 21.3. The third kappa shape index (κ3) is 7.68. The summed E-state index contributed by atoms with van der Waals surface area (Å²) in [6.07, 6.45) is 9.67. The van der Waals surface area contributed by atoms with E-state index in [1.165, 1.54) is 17.9 Å². The number of hydrazine groups is 1. The lowest BCUT2D eigenvalue weighted by molar-refractivity contribution is -0.156. The van der Waals surface area contributed by atoms with E-state index in [0.717, 1.165) is 71.5 Å². The van der Waals surface area contributed by atoms with Gasteiger partial charge in [-0.15, -0.1) is 0 Å². The van der Waals surface area contributed by atoms with Gasteiger partial charge in [-0.2, -0.15) is 0 Å². The van der Waals surface area contributed by atoms with E-state index in [1.807, 2.05) is 19.2 Å². The van der Waals surface area contributed by atoms with Crippen LogP contribution in [0.2, 0.25) is 0 Å². The van der Waals surface area contributed by atoms with Crippen molar-refractivity contribution in [2.45, 2.75) is 121 Å². The van der Waals surface area contributed by atoms with Crippen LogP contribution >= 0.6 is 0 Å². The second kappa shape index (κ2) is 16.3. The van der Waals surface area contributed by atoms with E-state index in [4.69, 9.17) is 23.9 Å². The predicted molar refractivity (Wildman–Crippen MR) is 244 cm³/mol. The second-order valence-electron chi connectivity index (χ2n) is 21.3. The molecule has 4 saturated heterocycles. The van der Waals surface area contributed by atoms with Gasteiger partial charge in [0.05, 0.1) is 30.1 Å². The number of nitrogens with one attached hydrogen (secondary N) is 3. The van der Waals surface area contributed by atoms with Crippen molar-refractivity contribution in [2.75, 3.05) is 53.0 Å². The Kier molecular flexibility index (Phi) is 10.8. The maximum Gasteiger partial charge on any atom is 0.324 e. The van der Waals surface area contributed by atoms with Crippen molar-refractivity contribution in [3.05, 3.63) is 59.9 Å². The molecule has 8 heterocycles. The standard InChI is InChI=1S/C50H65N9O6/c1-28-29(2)40(28)45(60)54-42-44(57-25-50(26-57)16-9-18-52-50)46-53-38(24-64-46)31-12-15-39-35(20-31)36(21-49(4,5)27-65-48(62)37-11-8-19-58(55-37)47(42)61)43(34-10-7-17-51-41(34)30(3)63-6)59(39)33-22-56(23-33)32-13-14-32/h7,10,12,15,17,20,24,28-30,32-33,37,40,42,44,52,55H,8-9,11,13-14,16,18-19,21-23,25-27H2,1-6H3,(H,54,60)/t28-,29+,30-,37-,40?,42-,44-/m0/s1. The van der Waals surface area contributed by atoms with Crippen molar-refractivity contribution in [3.8, 4) is 22.5 Å². The minimum atomic E-state index is -1.03. The molecule has 7 atom stereocenters. The van der Waals surface area contributed by atoms with Crippen LogP contribution in [0, 0.1) is 23.2 Å². The number of pyridine rings is 1. The maximum atomic E-state index is 15.1. The molecule has 3 aromatic heterocycles. The molecule has 1 spiro atoms. The molecular formula is C50H65N9O6. The van der Waals surface area contributed by atoms with Crippen molar-refractivity contribution in [2.24, 2.45) is 23.2 Å². The summed E-state index contributed by atoms with van der Waals surface area (Å²) in [5.41, 5.74) is 9.57. The van der Waals surface area contributed by atoms with Crippen LogP contribution in [0.4, 0.5) is 0 Å². The fourth-order valence-corrected chi connectivity index (χ4v) is 11.8. The average molecular weight is 888 g/mol. The monoisotopic (exact) mass is 888 g/mol. The molecule has 1 aromatic carbocycles. The third-order valence-electron chi connectivity index (χ3n) is 16.1. The highest BCUT2D eigenvalue weighted by Crippen LogP contribution is 2.48. The molecule has 4 aromatic rings. The number of hydrogen-bond acceptors (Lipinski definition) is 12. The van der Waals surface area contributed by atoms with Gasteiger partial charge in [-0.3, -0.25) is 34.2 Å². The minimum absolute atomic E-state index is 0.0534. The highest BCUT2D eigenvalue weighted by Gasteiger charge is 2.55. The number of carbonyl (C=O) groups excluding carboxylic acids is 3. The van der Waals surface area contributed by atoms with Gasteiger partial charge < -0.3 is 29.1 Å². The number of fused-ring (bicyclic) bond motifs is 6. The van der Waals surface area contributed by atoms with Gasteiger partial charge in [0, 0.05) is 91.0 Å². The molecule has 346 valence electrons. The van der Waals surface area contributed by atoms with E-state index in [9.17, 15) is 9.59 Å². The molecule has 6 bridgehead atoms. The normalized spacial score (nSPS) is 29.8. The number of rotatable bonds is 8. The predicted octanol–water partition coefficient (Wildman–Crippen LogP) is 5.57. The van der Waals surface area contributed by atoms with Crippen molar-refractivity contribution in [1.29, 1.82) is 0 Å². The zero-order chi connectivity index (χ0) is 44.9. The van der Waals surface area contributed by atoms with Crippen molar-refractivity contribution in [3.63, 3.8) is 0 Å². The zero-order valence-electron chi connectivity index (χ0n) is 38.8. The van der Waals surface area contributed by atoms with Gasteiger partial charge in [-0.25, -0.2) is 10.4 Å². The van der Waals surface area contributed by atoms with Gasteiger partial charge >= 0.3 is 5.97 Å². The topological polar surface area (TPSA) is 159 Å². The van der Waals surface area contributed by atoms with Gasteiger partial charge in [0.2, 0.25) is 11.8 Å². The van der Waals surface area contributed by atoms with Crippen LogP contribution in [-0.4, -0.2) is 124 Å². The molecule has 2 amide bonds. The van der Waals surface area contributed by atoms with E-state index >= 15 is 4.79 Å². The van der Waals surface area contributed by atoms with Crippen LogP contribution in [0.1, 0.15) is 108 Å². The number of oxazole rings is 1. The summed E-state index contributed by atoms with van der Waals surface area (Å²) >= 11 is 0. The van der Waals surface area contributed by atoms with Crippen LogP contribution in [0.5, 0.6) is 0 Å². The molecule has 11 rings (SSSR count). The number of aromatic nitrogens is 3. The molecule has 0 radical (unpaired) electrons. The molecule has 2 aliphatic carbocycles. The first kappa shape index (κ1) is 42.9. The largest absolute Gasteiger partial charge is 0.464 e. The number of amides is 2. The highest BCUT2D eigenvalue weighted by atomic mass is 16.5.